The minimum Gasteiger partial charge on any atom is -0.322 e. The molecule has 0 radical (unpaired) electrons. The van der Waals surface area contributed by atoms with Gasteiger partial charge >= 0.3 is 0 Å². The van der Waals surface area contributed by atoms with Crippen molar-refractivity contribution in [3.8, 4) is 0 Å². The number of aryl methyl sites for hydroxylation is 2. The number of aromatic nitrogens is 3. The lowest BCUT2D eigenvalue weighted by atomic mass is 10.0. The number of pyridine rings is 1. The number of nitrogens with two attached hydrogens (primary N) is 1. The van der Waals surface area contributed by atoms with Crippen molar-refractivity contribution in [3.05, 3.63) is 47.5 Å². The summed E-state index contributed by atoms with van der Waals surface area (Å²) in [5.41, 5.74) is 9.65. The van der Waals surface area contributed by atoms with Crippen molar-refractivity contribution in [2.45, 2.75) is 39.3 Å². The van der Waals surface area contributed by atoms with Crippen molar-refractivity contribution in [3.63, 3.8) is 0 Å². The maximum atomic E-state index is 6.25. The first kappa shape index (κ1) is 12.8. The molecule has 4 heteroatoms. The van der Waals surface area contributed by atoms with Gasteiger partial charge in [0.1, 0.15) is 0 Å². The Morgan fingerprint density at radius 2 is 2.22 bits per heavy atom. The predicted molar refractivity (Wildman–Crippen MR) is 72.1 cm³/mol. The molecule has 1 atom stereocenters. The van der Waals surface area contributed by atoms with E-state index >= 15 is 0 Å². The lowest BCUT2D eigenvalue weighted by Gasteiger charge is -2.13. The predicted octanol–water partition coefficient (Wildman–Crippen LogP) is 2.10. The maximum Gasteiger partial charge on any atom is 0.0606 e. The first-order valence-electron chi connectivity index (χ1n) is 6.45. The average Bonchev–Trinajstić information content (AvgIpc) is 2.86. The zero-order valence-electron chi connectivity index (χ0n) is 11.0. The van der Waals surface area contributed by atoms with E-state index in [1.165, 1.54) is 5.56 Å². The van der Waals surface area contributed by atoms with Crippen molar-refractivity contribution in [1.82, 2.24) is 14.8 Å². The topological polar surface area (TPSA) is 56.7 Å². The van der Waals surface area contributed by atoms with Gasteiger partial charge in [-0.3, -0.25) is 9.67 Å². The average molecular weight is 244 g/mol. The second-order valence-electron chi connectivity index (χ2n) is 4.42. The lowest BCUT2D eigenvalue weighted by Crippen LogP contribution is -2.16. The molecule has 2 rings (SSSR count). The molecule has 0 aromatic carbocycles. The summed E-state index contributed by atoms with van der Waals surface area (Å²) < 4.78 is 1.92. The second-order valence-corrected chi connectivity index (χ2v) is 4.42. The molecule has 2 N–H and O–H groups in total. The van der Waals surface area contributed by atoms with Crippen LogP contribution in [0.4, 0.5) is 0 Å². The molecule has 0 aliphatic heterocycles. The Hall–Kier alpha value is -1.68. The first-order chi connectivity index (χ1) is 8.74. The summed E-state index contributed by atoms with van der Waals surface area (Å²) in [5.74, 6) is 0. The zero-order chi connectivity index (χ0) is 13.0. The van der Waals surface area contributed by atoms with Gasteiger partial charge in [-0.15, -0.1) is 0 Å². The van der Waals surface area contributed by atoms with Crippen LogP contribution >= 0.6 is 0 Å². The molecule has 2 heterocycles. The van der Waals surface area contributed by atoms with E-state index in [0.717, 1.165) is 30.6 Å². The normalized spacial score (nSPS) is 12.6. The van der Waals surface area contributed by atoms with E-state index in [1.807, 2.05) is 23.1 Å². The Morgan fingerprint density at radius 3 is 2.89 bits per heavy atom. The van der Waals surface area contributed by atoms with Gasteiger partial charge in [0.15, 0.2) is 0 Å². The highest BCUT2D eigenvalue weighted by Gasteiger charge is 2.13. The van der Waals surface area contributed by atoms with Gasteiger partial charge in [0.2, 0.25) is 0 Å². The third kappa shape index (κ3) is 2.76. The molecule has 0 aliphatic carbocycles. The van der Waals surface area contributed by atoms with Crippen LogP contribution in [0.1, 0.15) is 36.7 Å². The van der Waals surface area contributed by atoms with Crippen LogP contribution in [0, 0.1) is 0 Å². The summed E-state index contributed by atoms with van der Waals surface area (Å²) in [5, 5.41) is 4.26. The highest BCUT2D eigenvalue weighted by Crippen LogP contribution is 2.18. The van der Waals surface area contributed by atoms with Crippen molar-refractivity contribution in [2.75, 3.05) is 0 Å². The fourth-order valence-electron chi connectivity index (χ4n) is 2.12. The molecule has 18 heavy (non-hydrogen) atoms. The third-order valence-electron chi connectivity index (χ3n) is 3.12. The fourth-order valence-corrected chi connectivity index (χ4v) is 2.12. The van der Waals surface area contributed by atoms with Gasteiger partial charge in [0.05, 0.1) is 17.9 Å². The standard InChI is InChI=1S/C14H20N4/c1-3-12-6-5-7-16-14(12)13(15)8-11-9-17-18(4-2)10-11/h5-7,9-10,13H,3-4,8,15H2,1-2H3. The quantitative estimate of drug-likeness (QED) is 0.876. The van der Waals surface area contributed by atoms with E-state index in [9.17, 15) is 0 Å². The van der Waals surface area contributed by atoms with Gasteiger partial charge < -0.3 is 5.73 Å². The summed E-state index contributed by atoms with van der Waals surface area (Å²) in [6, 6.07) is 4.00. The van der Waals surface area contributed by atoms with Crippen molar-refractivity contribution in [1.29, 1.82) is 0 Å². The Labute approximate surface area is 108 Å². The Morgan fingerprint density at radius 1 is 1.39 bits per heavy atom. The third-order valence-corrected chi connectivity index (χ3v) is 3.12. The molecule has 0 bridgehead atoms. The summed E-state index contributed by atoms with van der Waals surface area (Å²) in [4.78, 5) is 4.42. The van der Waals surface area contributed by atoms with Crippen LogP contribution in [0.25, 0.3) is 0 Å². The highest BCUT2D eigenvalue weighted by atomic mass is 15.3. The van der Waals surface area contributed by atoms with Crippen molar-refractivity contribution >= 4 is 0 Å². The van der Waals surface area contributed by atoms with Crippen LogP contribution in [0.5, 0.6) is 0 Å². The van der Waals surface area contributed by atoms with Crippen molar-refractivity contribution < 1.29 is 0 Å². The fraction of sp³-hybridized carbons (Fsp3) is 0.429. The zero-order valence-corrected chi connectivity index (χ0v) is 11.0. The molecule has 0 fully saturated rings. The monoisotopic (exact) mass is 244 g/mol. The number of rotatable bonds is 5. The molecular weight excluding hydrogens is 224 g/mol. The molecule has 0 saturated heterocycles. The first-order valence-corrected chi connectivity index (χ1v) is 6.45. The van der Waals surface area contributed by atoms with Gasteiger partial charge in [0, 0.05) is 18.9 Å². The number of hydrogen-bond acceptors (Lipinski definition) is 3. The largest absolute Gasteiger partial charge is 0.322 e. The summed E-state index contributed by atoms with van der Waals surface area (Å²) in [7, 11) is 0. The van der Waals surface area contributed by atoms with Gasteiger partial charge in [0.25, 0.3) is 0 Å². The Kier molecular flexibility index (Phi) is 4.10. The maximum absolute atomic E-state index is 6.25. The molecule has 0 amide bonds. The van der Waals surface area contributed by atoms with Crippen molar-refractivity contribution in [2.24, 2.45) is 5.73 Å². The minimum absolute atomic E-state index is 0.0596. The van der Waals surface area contributed by atoms with E-state index in [-0.39, 0.29) is 6.04 Å². The Bertz CT molecular complexity index is 504. The highest BCUT2D eigenvalue weighted by molar-refractivity contribution is 5.24. The van der Waals surface area contributed by atoms with Gasteiger partial charge in [-0.05, 0) is 37.0 Å². The summed E-state index contributed by atoms with van der Waals surface area (Å²) >= 11 is 0. The Balaban J connectivity index is 2.13. The second kappa shape index (κ2) is 5.78. The molecule has 0 aliphatic rings. The van der Waals surface area contributed by atoms with Crippen LogP contribution in [0.3, 0.4) is 0 Å². The van der Waals surface area contributed by atoms with E-state index in [0.29, 0.717) is 0 Å². The summed E-state index contributed by atoms with van der Waals surface area (Å²) in [6.07, 6.45) is 7.49. The molecular formula is C14H20N4. The van der Waals surface area contributed by atoms with Crippen LogP contribution < -0.4 is 5.73 Å². The van der Waals surface area contributed by atoms with Crippen LogP contribution in [0.15, 0.2) is 30.7 Å². The number of hydrogen-bond donors (Lipinski definition) is 1. The van der Waals surface area contributed by atoms with Gasteiger partial charge in [-0.1, -0.05) is 13.0 Å². The van der Waals surface area contributed by atoms with E-state index in [1.54, 1.807) is 0 Å². The molecule has 2 aromatic rings. The molecule has 96 valence electrons. The van der Waals surface area contributed by atoms with Gasteiger partial charge in [-0.2, -0.15) is 5.10 Å². The van der Waals surface area contributed by atoms with Crippen LogP contribution in [0.2, 0.25) is 0 Å². The van der Waals surface area contributed by atoms with E-state index in [4.69, 9.17) is 5.73 Å². The minimum atomic E-state index is -0.0596. The summed E-state index contributed by atoms with van der Waals surface area (Å²) in [6.45, 7) is 5.09. The molecule has 4 nitrogen and oxygen atoms in total. The van der Waals surface area contributed by atoms with Crippen LogP contribution in [-0.4, -0.2) is 14.8 Å². The SMILES string of the molecule is CCc1cccnc1C(N)Cc1cnn(CC)c1. The molecule has 0 spiro atoms. The molecule has 1 unspecified atom stereocenters. The lowest BCUT2D eigenvalue weighted by molar-refractivity contribution is 0.655. The molecule has 2 aromatic heterocycles. The molecule has 0 saturated carbocycles. The van der Waals surface area contributed by atoms with Gasteiger partial charge in [-0.25, -0.2) is 0 Å². The van der Waals surface area contributed by atoms with E-state index < -0.39 is 0 Å². The van der Waals surface area contributed by atoms with Crippen LogP contribution in [-0.2, 0) is 19.4 Å². The number of nitrogens with zero attached hydrogens (tertiary/aromatic N) is 3. The van der Waals surface area contributed by atoms with E-state index in [2.05, 4.69) is 36.2 Å². The smallest absolute Gasteiger partial charge is 0.0606 e.